The van der Waals surface area contributed by atoms with Crippen molar-refractivity contribution in [2.45, 2.75) is 53.6 Å². The lowest BCUT2D eigenvalue weighted by Gasteiger charge is -2.18. The Hall–Kier alpha value is -3.94. The van der Waals surface area contributed by atoms with Crippen molar-refractivity contribution in [2.75, 3.05) is 0 Å². The van der Waals surface area contributed by atoms with Gasteiger partial charge in [-0.05, 0) is 50.6 Å². The first kappa shape index (κ1) is 25.2. The van der Waals surface area contributed by atoms with E-state index in [9.17, 15) is 13.6 Å². The van der Waals surface area contributed by atoms with Crippen LogP contribution in [0.25, 0.3) is 16.9 Å². The van der Waals surface area contributed by atoms with E-state index in [1.807, 2.05) is 37.4 Å². The highest BCUT2D eigenvalue weighted by Gasteiger charge is 2.20. The number of hydrogen-bond acceptors (Lipinski definition) is 5. The van der Waals surface area contributed by atoms with E-state index in [-0.39, 0.29) is 34.6 Å². The zero-order valence-corrected chi connectivity index (χ0v) is 21.2. The largest absolute Gasteiger partial charge is 0.472 e. The summed E-state index contributed by atoms with van der Waals surface area (Å²) in [6.45, 7) is 11.3. The van der Waals surface area contributed by atoms with E-state index in [2.05, 4.69) is 30.7 Å². The molecule has 186 valence electrons. The maximum Gasteiger partial charge on any atom is 0.264 e. The predicted octanol–water partition coefficient (Wildman–Crippen LogP) is 5.77. The number of hydrogen-bond donors (Lipinski definition) is 0. The second kappa shape index (κ2) is 9.60. The highest BCUT2D eigenvalue weighted by molar-refractivity contribution is 5.65. The topological polar surface area (TPSA) is 69.9 Å². The van der Waals surface area contributed by atoms with Gasteiger partial charge in [-0.3, -0.25) is 9.36 Å². The molecule has 0 saturated carbocycles. The molecule has 4 rings (SSSR count). The molecule has 0 aliphatic rings. The lowest BCUT2D eigenvalue weighted by molar-refractivity contribution is 0.283. The van der Waals surface area contributed by atoms with E-state index in [0.29, 0.717) is 11.5 Å². The van der Waals surface area contributed by atoms with Gasteiger partial charge in [-0.2, -0.15) is 4.98 Å². The van der Waals surface area contributed by atoms with Gasteiger partial charge in [0.25, 0.3) is 5.56 Å². The smallest absolute Gasteiger partial charge is 0.264 e. The molecule has 0 unspecified atom stereocenters. The Morgan fingerprint density at radius 3 is 2.44 bits per heavy atom. The summed E-state index contributed by atoms with van der Waals surface area (Å²) < 4.78 is 34.3. The fourth-order valence-corrected chi connectivity index (χ4v) is 3.80. The van der Waals surface area contributed by atoms with Crippen LogP contribution in [0.4, 0.5) is 8.78 Å². The van der Waals surface area contributed by atoms with Gasteiger partial charge in [-0.15, -0.1) is 0 Å². The number of halogens is 2. The first-order chi connectivity index (χ1) is 17.0. The molecule has 2 heterocycles. The third kappa shape index (κ3) is 5.03. The molecule has 0 spiro atoms. The normalized spacial score (nSPS) is 11.6. The minimum Gasteiger partial charge on any atom is -0.472 e. The van der Waals surface area contributed by atoms with Gasteiger partial charge in [0.1, 0.15) is 29.9 Å². The van der Waals surface area contributed by atoms with E-state index in [1.165, 1.54) is 10.6 Å². The van der Waals surface area contributed by atoms with Crippen LogP contribution in [0.3, 0.4) is 0 Å². The third-order valence-electron chi connectivity index (χ3n) is 5.83. The minimum absolute atomic E-state index is 0.107. The summed E-state index contributed by atoms with van der Waals surface area (Å²) >= 11 is 0. The minimum atomic E-state index is -0.718. The molecule has 0 bridgehead atoms. The van der Waals surface area contributed by atoms with Gasteiger partial charge in [-0.25, -0.2) is 18.7 Å². The Kier molecular flexibility index (Phi) is 6.71. The van der Waals surface area contributed by atoms with Crippen molar-refractivity contribution >= 4 is 0 Å². The van der Waals surface area contributed by atoms with E-state index < -0.39 is 11.6 Å². The Bertz CT molecular complexity index is 1510. The van der Waals surface area contributed by atoms with Crippen LogP contribution < -0.4 is 10.3 Å². The highest BCUT2D eigenvalue weighted by atomic mass is 19.1. The molecule has 2 aromatic carbocycles. The molecule has 0 aliphatic heterocycles. The average molecular weight is 491 g/mol. The first-order valence-corrected chi connectivity index (χ1v) is 11.6. The van der Waals surface area contributed by atoms with Crippen molar-refractivity contribution in [3.8, 4) is 22.8 Å². The summed E-state index contributed by atoms with van der Waals surface area (Å²) in [5, 5.41) is 0. The standard InChI is InChI=1S/C28H28F2N4O2/c1-16-14-31-27(28(4,5)6)33-24(16)19-8-7-9-22(12-19)34-18(3)32-25(17(2)26(34)35)36-15-20-10-11-21(29)13-23(20)30/h7-14H,15H2,1-6H3. The summed E-state index contributed by atoms with van der Waals surface area (Å²) in [5.74, 6) is -0.136. The van der Waals surface area contributed by atoms with Crippen LogP contribution in [0.15, 0.2) is 53.5 Å². The van der Waals surface area contributed by atoms with Crippen LogP contribution in [0.2, 0.25) is 0 Å². The van der Waals surface area contributed by atoms with Gasteiger partial charge in [0.15, 0.2) is 0 Å². The quantitative estimate of drug-likeness (QED) is 0.355. The Balaban J connectivity index is 1.70. The molecule has 0 fully saturated rings. The van der Waals surface area contributed by atoms with Crippen LogP contribution in [0.1, 0.15) is 49.1 Å². The molecule has 0 saturated heterocycles. The van der Waals surface area contributed by atoms with Gasteiger partial charge >= 0.3 is 0 Å². The summed E-state index contributed by atoms with van der Waals surface area (Å²) in [4.78, 5) is 27.1. The van der Waals surface area contributed by atoms with Gasteiger partial charge < -0.3 is 4.74 Å². The fourth-order valence-electron chi connectivity index (χ4n) is 3.80. The molecule has 0 atom stereocenters. The molecule has 2 aromatic heterocycles. The predicted molar refractivity (Wildman–Crippen MR) is 134 cm³/mol. The summed E-state index contributed by atoms with van der Waals surface area (Å²) in [6.07, 6.45) is 1.81. The zero-order chi connectivity index (χ0) is 26.2. The number of benzene rings is 2. The molecular weight excluding hydrogens is 462 g/mol. The van der Waals surface area contributed by atoms with Crippen LogP contribution >= 0.6 is 0 Å². The van der Waals surface area contributed by atoms with Crippen molar-refractivity contribution in [3.05, 3.63) is 99.0 Å². The Morgan fingerprint density at radius 1 is 1.00 bits per heavy atom. The van der Waals surface area contributed by atoms with E-state index in [1.54, 1.807) is 13.8 Å². The maximum atomic E-state index is 14.0. The monoisotopic (exact) mass is 490 g/mol. The summed E-state index contributed by atoms with van der Waals surface area (Å²) in [6, 6.07) is 10.8. The highest BCUT2D eigenvalue weighted by Crippen LogP contribution is 2.27. The van der Waals surface area contributed by atoms with Crippen LogP contribution in [0.5, 0.6) is 5.88 Å². The fraction of sp³-hybridized carbons (Fsp3) is 0.286. The number of rotatable bonds is 5. The van der Waals surface area contributed by atoms with Gasteiger partial charge in [-0.1, -0.05) is 32.9 Å². The molecule has 0 radical (unpaired) electrons. The lowest BCUT2D eigenvalue weighted by Crippen LogP contribution is -2.25. The summed E-state index contributed by atoms with van der Waals surface area (Å²) in [7, 11) is 0. The molecule has 0 aliphatic carbocycles. The van der Waals surface area contributed by atoms with Gasteiger partial charge in [0.2, 0.25) is 5.88 Å². The number of nitrogens with zero attached hydrogens (tertiary/aromatic N) is 4. The molecule has 36 heavy (non-hydrogen) atoms. The first-order valence-electron chi connectivity index (χ1n) is 11.6. The third-order valence-corrected chi connectivity index (χ3v) is 5.83. The lowest BCUT2D eigenvalue weighted by atomic mass is 9.95. The molecular formula is C28H28F2N4O2. The van der Waals surface area contributed by atoms with Crippen molar-refractivity contribution in [1.82, 2.24) is 19.5 Å². The van der Waals surface area contributed by atoms with Crippen LogP contribution in [-0.4, -0.2) is 19.5 Å². The second-order valence-corrected chi connectivity index (χ2v) is 9.78. The molecule has 0 N–H and O–H groups in total. The van der Waals surface area contributed by atoms with Crippen molar-refractivity contribution in [3.63, 3.8) is 0 Å². The molecule has 6 nitrogen and oxygen atoms in total. The van der Waals surface area contributed by atoms with E-state index >= 15 is 0 Å². The summed E-state index contributed by atoms with van der Waals surface area (Å²) in [5.41, 5.74) is 3.16. The number of ether oxygens (including phenoxy) is 1. The molecule has 0 amide bonds. The average Bonchev–Trinajstić information content (AvgIpc) is 2.81. The van der Waals surface area contributed by atoms with Crippen LogP contribution in [-0.2, 0) is 12.0 Å². The number of aromatic nitrogens is 4. The van der Waals surface area contributed by atoms with Crippen LogP contribution in [0, 0.1) is 32.4 Å². The van der Waals surface area contributed by atoms with Crippen molar-refractivity contribution in [1.29, 1.82) is 0 Å². The van der Waals surface area contributed by atoms with E-state index in [4.69, 9.17) is 9.72 Å². The van der Waals surface area contributed by atoms with Gasteiger partial charge in [0, 0.05) is 28.8 Å². The van der Waals surface area contributed by atoms with E-state index in [0.717, 1.165) is 34.8 Å². The van der Waals surface area contributed by atoms with Crippen molar-refractivity contribution < 1.29 is 13.5 Å². The molecule has 4 aromatic rings. The van der Waals surface area contributed by atoms with Crippen molar-refractivity contribution in [2.24, 2.45) is 0 Å². The zero-order valence-electron chi connectivity index (χ0n) is 21.2. The Morgan fingerprint density at radius 2 is 1.75 bits per heavy atom. The molecule has 8 heteroatoms. The maximum absolute atomic E-state index is 14.0. The second-order valence-electron chi connectivity index (χ2n) is 9.78. The number of aryl methyl sites for hydroxylation is 2. The SMILES string of the molecule is Cc1cnc(C(C)(C)C)nc1-c1cccc(-n2c(C)nc(OCc3ccc(F)cc3F)c(C)c2=O)c1. The van der Waals surface area contributed by atoms with Gasteiger partial charge in [0.05, 0.1) is 16.9 Å². The Labute approximate surface area is 208 Å².